The van der Waals surface area contributed by atoms with Crippen molar-refractivity contribution >= 4 is 17.0 Å². The second-order valence-corrected chi connectivity index (χ2v) is 6.20. The molecule has 0 amide bonds. The van der Waals surface area contributed by atoms with Crippen molar-refractivity contribution in [2.75, 3.05) is 18.0 Å². The van der Waals surface area contributed by atoms with Crippen LogP contribution in [0.2, 0.25) is 0 Å². The van der Waals surface area contributed by atoms with Crippen LogP contribution in [0.25, 0.3) is 11.2 Å². The fourth-order valence-electron chi connectivity index (χ4n) is 3.13. The van der Waals surface area contributed by atoms with Gasteiger partial charge in [-0.3, -0.25) is 0 Å². The van der Waals surface area contributed by atoms with Crippen LogP contribution in [0.4, 0.5) is 23.4 Å². The molecule has 4 rings (SSSR count). The molecule has 0 radical (unpaired) electrons. The van der Waals surface area contributed by atoms with Crippen molar-refractivity contribution in [3.05, 3.63) is 47.8 Å². The molecule has 136 valence electrons. The number of rotatable bonds is 3. The Labute approximate surface area is 146 Å². The molecule has 1 saturated heterocycles. The number of imidazole rings is 1. The van der Waals surface area contributed by atoms with E-state index < -0.39 is 17.8 Å². The van der Waals surface area contributed by atoms with E-state index in [1.807, 2.05) is 0 Å². The molecular formula is C17H15F4N5. The minimum Gasteiger partial charge on any atom is -0.355 e. The molecule has 26 heavy (non-hydrogen) atoms. The van der Waals surface area contributed by atoms with Crippen LogP contribution < -0.4 is 4.90 Å². The molecular weight excluding hydrogens is 350 g/mol. The van der Waals surface area contributed by atoms with E-state index in [-0.39, 0.29) is 18.0 Å². The molecule has 2 aromatic heterocycles. The van der Waals surface area contributed by atoms with Gasteiger partial charge in [-0.05, 0) is 18.9 Å². The van der Waals surface area contributed by atoms with Crippen molar-refractivity contribution in [1.29, 1.82) is 0 Å². The summed E-state index contributed by atoms with van der Waals surface area (Å²) in [5.41, 5.74) is 0.704. The molecule has 1 aliphatic rings. The first kappa shape index (κ1) is 16.7. The summed E-state index contributed by atoms with van der Waals surface area (Å²) in [6.07, 6.45) is -1.51. The lowest BCUT2D eigenvalue weighted by molar-refractivity contribution is -0.144. The molecule has 3 heterocycles. The van der Waals surface area contributed by atoms with E-state index in [9.17, 15) is 17.6 Å². The summed E-state index contributed by atoms with van der Waals surface area (Å²) >= 11 is 0. The van der Waals surface area contributed by atoms with Gasteiger partial charge in [0.1, 0.15) is 5.82 Å². The Hall–Kier alpha value is -2.71. The van der Waals surface area contributed by atoms with Crippen LogP contribution in [0.3, 0.4) is 0 Å². The summed E-state index contributed by atoms with van der Waals surface area (Å²) < 4.78 is 55.2. The predicted molar refractivity (Wildman–Crippen MR) is 87.3 cm³/mol. The number of nitrogens with zero attached hydrogens (tertiary/aromatic N) is 5. The number of alkyl halides is 3. The Morgan fingerprint density at radius 2 is 1.77 bits per heavy atom. The first-order valence-corrected chi connectivity index (χ1v) is 8.22. The summed E-state index contributed by atoms with van der Waals surface area (Å²) in [6.45, 7) is 1.30. The van der Waals surface area contributed by atoms with Crippen LogP contribution in [0.1, 0.15) is 24.2 Å². The van der Waals surface area contributed by atoms with Crippen LogP contribution in [0, 0.1) is 5.82 Å². The summed E-state index contributed by atoms with van der Waals surface area (Å²) in [4.78, 5) is 13.4. The molecule has 5 nitrogen and oxygen atoms in total. The summed E-state index contributed by atoms with van der Waals surface area (Å²) in [6, 6.07) is 6.11. The standard InChI is InChI=1S/C17H15F4N5/c18-12-6-2-1-5-11(12)9-26-10-22-13-14(25-7-3-4-8-25)23-16(17(19,20)21)24-15(13)26/h1-2,5-6,10H,3-4,7-9H2. The number of hydrogen-bond donors (Lipinski definition) is 0. The van der Waals surface area contributed by atoms with Crippen LogP contribution in [0.5, 0.6) is 0 Å². The van der Waals surface area contributed by atoms with Crippen molar-refractivity contribution in [1.82, 2.24) is 19.5 Å². The third kappa shape index (κ3) is 2.97. The van der Waals surface area contributed by atoms with Gasteiger partial charge in [-0.1, -0.05) is 18.2 Å². The van der Waals surface area contributed by atoms with Crippen LogP contribution in [-0.4, -0.2) is 32.6 Å². The highest BCUT2D eigenvalue weighted by Gasteiger charge is 2.37. The molecule has 9 heteroatoms. The Balaban J connectivity index is 1.85. The zero-order chi connectivity index (χ0) is 18.3. The van der Waals surface area contributed by atoms with Crippen LogP contribution in [0.15, 0.2) is 30.6 Å². The number of fused-ring (bicyclic) bond motifs is 1. The molecule has 0 atom stereocenters. The lowest BCUT2D eigenvalue weighted by Crippen LogP contribution is -2.22. The van der Waals surface area contributed by atoms with Gasteiger partial charge >= 0.3 is 6.18 Å². The Bertz CT molecular complexity index is 944. The third-order valence-corrected chi connectivity index (χ3v) is 4.40. The first-order chi connectivity index (χ1) is 12.4. The highest BCUT2D eigenvalue weighted by molar-refractivity contribution is 5.84. The lowest BCUT2D eigenvalue weighted by atomic mass is 10.2. The number of benzene rings is 1. The highest BCUT2D eigenvalue weighted by Crippen LogP contribution is 2.32. The third-order valence-electron chi connectivity index (χ3n) is 4.40. The number of anilines is 1. The topological polar surface area (TPSA) is 46.8 Å². The SMILES string of the molecule is Fc1ccccc1Cn1cnc2c(N3CCCC3)nc(C(F)(F)F)nc21. The molecule has 0 saturated carbocycles. The van der Waals surface area contributed by atoms with Crippen molar-refractivity contribution in [3.63, 3.8) is 0 Å². The normalized spacial score (nSPS) is 15.2. The van der Waals surface area contributed by atoms with Crippen LogP contribution >= 0.6 is 0 Å². The zero-order valence-electron chi connectivity index (χ0n) is 13.7. The van der Waals surface area contributed by atoms with Gasteiger partial charge in [0.15, 0.2) is 17.0 Å². The fourth-order valence-corrected chi connectivity index (χ4v) is 3.13. The van der Waals surface area contributed by atoms with Gasteiger partial charge in [-0.2, -0.15) is 13.2 Å². The second kappa shape index (κ2) is 6.22. The summed E-state index contributed by atoms with van der Waals surface area (Å²) in [7, 11) is 0. The smallest absolute Gasteiger partial charge is 0.355 e. The maximum Gasteiger partial charge on any atom is 0.451 e. The molecule has 1 aromatic carbocycles. The van der Waals surface area contributed by atoms with E-state index in [1.54, 1.807) is 23.1 Å². The van der Waals surface area contributed by atoms with E-state index in [0.29, 0.717) is 24.2 Å². The molecule has 0 N–H and O–H groups in total. The van der Waals surface area contributed by atoms with Crippen LogP contribution in [-0.2, 0) is 12.7 Å². The van der Waals surface area contributed by atoms with E-state index >= 15 is 0 Å². The number of hydrogen-bond acceptors (Lipinski definition) is 4. The Morgan fingerprint density at radius 3 is 2.46 bits per heavy atom. The van der Waals surface area contributed by atoms with Crippen molar-refractivity contribution in [2.45, 2.75) is 25.6 Å². The Kier molecular flexibility index (Phi) is 4.01. The summed E-state index contributed by atoms with van der Waals surface area (Å²) in [5, 5.41) is 0. The lowest BCUT2D eigenvalue weighted by Gasteiger charge is -2.18. The van der Waals surface area contributed by atoms with E-state index in [1.165, 1.54) is 17.0 Å². The van der Waals surface area contributed by atoms with E-state index in [4.69, 9.17) is 0 Å². The quantitative estimate of drug-likeness (QED) is 0.665. The first-order valence-electron chi connectivity index (χ1n) is 8.22. The molecule has 0 bridgehead atoms. The van der Waals surface area contributed by atoms with Crippen molar-refractivity contribution in [3.8, 4) is 0 Å². The largest absolute Gasteiger partial charge is 0.451 e. The number of halogens is 4. The maximum absolute atomic E-state index is 13.9. The Morgan fingerprint density at radius 1 is 1.04 bits per heavy atom. The summed E-state index contributed by atoms with van der Waals surface area (Å²) in [5.74, 6) is -1.45. The van der Waals surface area contributed by atoms with Gasteiger partial charge in [0.2, 0.25) is 5.82 Å². The van der Waals surface area contributed by atoms with Gasteiger partial charge in [-0.15, -0.1) is 0 Å². The average molecular weight is 365 g/mol. The molecule has 1 fully saturated rings. The minimum atomic E-state index is -4.67. The van der Waals surface area contributed by atoms with Gasteiger partial charge < -0.3 is 9.47 Å². The average Bonchev–Trinajstić information content (AvgIpc) is 3.25. The molecule has 0 unspecified atom stereocenters. The molecule has 0 aliphatic carbocycles. The zero-order valence-corrected chi connectivity index (χ0v) is 13.7. The van der Waals surface area contributed by atoms with Gasteiger partial charge in [0.25, 0.3) is 0 Å². The van der Waals surface area contributed by atoms with Crippen molar-refractivity contribution < 1.29 is 17.6 Å². The number of aromatic nitrogens is 4. The second-order valence-electron chi connectivity index (χ2n) is 6.20. The van der Waals surface area contributed by atoms with E-state index in [2.05, 4.69) is 15.0 Å². The van der Waals surface area contributed by atoms with Gasteiger partial charge in [-0.25, -0.2) is 19.3 Å². The highest BCUT2D eigenvalue weighted by atomic mass is 19.4. The van der Waals surface area contributed by atoms with E-state index in [0.717, 1.165) is 12.8 Å². The molecule has 1 aliphatic heterocycles. The van der Waals surface area contributed by atoms with Crippen molar-refractivity contribution in [2.24, 2.45) is 0 Å². The molecule has 3 aromatic rings. The van der Waals surface area contributed by atoms with Gasteiger partial charge in [0.05, 0.1) is 12.9 Å². The predicted octanol–water partition coefficient (Wildman–Crippen LogP) is 3.63. The fraction of sp³-hybridized carbons (Fsp3) is 0.353. The van der Waals surface area contributed by atoms with Gasteiger partial charge in [0, 0.05) is 18.7 Å². The minimum absolute atomic E-state index is 0.0386. The maximum atomic E-state index is 13.9. The molecule has 0 spiro atoms. The monoisotopic (exact) mass is 365 g/mol.